The Balaban J connectivity index is 2.04. The summed E-state index contributed by atoms with van der Waals surface area (Å²) in [5.41, 5.74) is 1.42. The number of ether oxygens (including phenoxy) is 1. The first-order valence-electron chi connectivity index (χ1n) is 8.20. The van der Waals surface area contributed by atoms with Crippen LogP contribution in [0.3, 0.4) is 0 Å². The Bertz CT molecular complexity index is 844. The zero-order valence-corrected chi connectivity index (χ0v) is 14.3. The van der Waals surface area contributed by atoms with Crippen LogP contribution in [0.15, 0.2) is 72.8 Å². The zero-order chi connectivity index (χ0) is 17.2. The van der Waals surface area contributed by atoms with E-state index in [9.17, 15) is 4.79 Å². The Morgan fingerprint density at radius 2 is 1.42 bits per heavy atom. The molecular weight excluding hydrogens is 296 g/mol. The lowest BCUT2D eigenvalue weighted by atomic mass is 9.95. The van der Waals surface area contributed by atoms with Gasteiger partial charge in [-0.2, -0.15) is 0 Å². The second-order valence-corrected chi connectivity index (χ2v) is 7.05. The summed E-state index contributed by atoms with van der Waals surface area (Å²) < 4.78 is 5.90. The third-order valence-electron chi connectivity index (χ3n) is 4.02. The van der Waals surface area contributed by atoms with Gasteiger partial charge in [0.2, 0.25) is 0 Å². The van der Waals surface area contributed by atoms with Gasteiger partial charge in [0.1, 0.15) is 0 Å². The molecule has 24 heavy (non-hydrogen) atoms. The summed E-state index contributed by atoms with van der Waals surface area (Å²) in [5.74, 6) is -0.204. The molecule has 0 radical (unpaired) electrons. The first-order valence-corrected chi connectivity index (χ1v) is 8.20. The smallest absolute Gasteiger partial charge is 0.312 e. The van der Waals surface area contributed by atoms with Gasteiger partial charge in [0.05, 0.1) is 5.41 Å². The van der Waals surface area contributed by atoms with E-state index in [1.54, 1.807) is 0 Å². The van der Waals surface area contributed by atoms with Crippen molar-refractivity contribution in [3.63, 3.8) is 0 Å². The van der Waals surface area contributed by atoms with Gasteiger partial charge in [-0.05, 0) is 48.7 Å². The van der Waals surface area contributed by atoms with Crippen molar-refractivity contribution in [1.82, 2.24) is 0 Å². The Hall–Kier alpha value is -2.61. The normalized spacial score (nSPS) is 12.8. The summed E-state index contributed by atoms with van der Waals surface area (Å²) >= 11 is 0. The fraction of sp³-hybridized carbons (Fsp3) is 0.227. The average Bonchev–Trinajstić information content (AvgIpc) is 2.59. The Kier molecular flexibility index (Phi) is 4.39. The van der Waals surface area contributed by atoms with Gasteiger partial charge < -0.3 is 4.74 Å². The molecule has 0 saturated heterocycles. The third kappa shape index (κ3) is 3.48. The molecule has 0 unspecified atom stereocenters. The molecule has 3 aromatic carbocycles. The van der Waals surface area contributed by atoms with Gasteiger partial charge in [0.25, 0.3) is 0 Å². The van der Waals surface area contributed by atoms with Crippen molar-refractivity contribution in [1.29, 1.82) is 0 Å². The molecule has 0 fully saturated rings. The second-order valence-electron chi connectivity index (χ2n) is 7.05. The number of hydrogen-bond acceptors (Lipinski definition) is 2. The largest absolute Gasteiger partial charge is 0.452 e. The van der Waals surface area contributed by atoms with Crippen molar-refractivity contribution in [2.24, 2.45) is 5.41 Å². The molecule has 122 valence electrons. The van der Waals surface area contributed by atoms with E-state index in [1.165, 1.54) is 5.39 Å². The quantitative estimate of drug-likeness (QED) is 0.594. The summed E-state index contributed by atoms with van der Waals surface area (Å²) in [6.45, 7) is 5.62. The number of carbonyl (C=O) groups is 1. The fourth-order valence-electron chi connectivity index (χ4n) is 2.61. The van der Waals surface area contributed by atoms with Crippen molar-refractivity contribution in [2.45, 2.75) is 26.9 Å². The van der Waals surface area contributed by atoms with Crippen molar-refractivity contribution in [2.75, 3.05) is 0 Å². The zero-order valence-electron chi connectivity index (χ0n) is 14.3. The maximum absolute atomic E-state index is 12.5. The van der Waals surface area contributed by atoms with Crippen LogP contribution < -0.4 is 0 Å². The molecule has 1 atom stereocenters. The lowest BCUT2D eigenvalue weighted by molar-refractivity contribution is -0.157. The molecular formula is C22H22O2. The second kappa shape index (κ2) is 6.48. The Labute approximate surface area is 143 Å². The highest BCUT2D eigenvalue weighted by Gasteiger charge is 2.28. The number of hydrogen-bond donors (Lipinski definition) is 0. The minimum Gasteiger partial charge on any atom is -0.452 e. The lowest BCUT2D eigenvalue weighted by Crippen LogP contribution is -2.25. The molecule has 0 heterocycles. The highest BCUT2D eigenvalue weighted by atomic mass is 16.5. The van der Waals surface area contributed by atoms with Crippen LogP contribution >= 0.6 is 0 Å². The molecule has 3 rings (SSSR count). The van der Waals surface area contributed by atoms with Crippen molar-refractivity contribution < 1.29 is 9.53 Å². The number of benzene rings is 3. The van der Waals surface area contributed by atoms with Gasteiger partial charge in [-0.3, -0.25) is 4.79 Å². The highest BCUT2D eigenvalue weighted by molar-refractivity contribution is 5.83. The highest BCUT2D eigenvalue weighted by Crippen LogP contribution is 2.31. The third-order valence-corrected chi connectivity index (χ3v) is 4.02. The summed E-state index contributed by atoms with van der Waals surface area (Å²) in [7, 11) is 0. The Morgan fingerprint density at radius 3 is 2.08 bits per heavy atom. The first-order chi connectivity index (χ1) is 11.4. The average molecular weight is 318 g/mol. The van der Waals surface area contributed by atoms with E-state index in [0.29, 0.717) is 0 Å². The number of rotatable bonds is 3. The van der Waals surface area contributed by atoms with E-state index in [1.807, 2.05) is 69.3 Å². The van der Waals surface area contributed by atoms with Gasteiger partial charge in [-0.1, -0.05) is 66.7 Å². The maximum atomic E-state index is 12.5. The number of fused-ring (bicyclic) bond motifs is 1. The molecule has 0 aromatic heterocycles. The molecule has 0 bridgehead atoms. The predicted molar refractivity (Wildman–Crippen MR) is 97.8 cm³/mol. The molecule has 2 nitrogen and oxygen atoms in total. The van der Waals surface area contributed by atoms with Gasteiger partial charge >= 0.3 is 5.97 Å². The van der Waals surface area contributed by atoms with Crippen molar-refractivity contribution in [3.8, 4) is 0 Å². The molecule has 0 amide bonds. The van der Waals surface area contributed by atoms with Crippen LogP contribution in [-0.2, 0) is 9.53 Å². The number of carbonyl (C=O) groups excluding carboxylic acids is 1. The van der Waals surface area contributed by atoms with Crippen molar-refractivity contribution >= 4 is 16.7 Å². The number of esters is 1. The molecule has 0 saturated carbocycles. The minimum absolute atomic E-state index is 0.204. The van der Waals surface area contributed by atoms with Gasteiger partial charge in [0, 0.05) is 0 Å². The van der Waals surface area contributed by atoms with Gasteiger partial charge in [0.15, 0.2) is 6.10 Å². The maximum Gasteiger partial charge on any atom is 0.312 e. The minimum atomic E-state index is -0.538. The van der Waals surface area contributed by atoms with E-state index < -0.39 is 11.5 Å². The van der Waals surface area contributed by atoms with Gasteiger partial charge in [-0.15, -0.1) is 0 Å². The standard InChI is InChI=1S/C22H22O2/c1-22(2,3)21(23)24-20(17-10-5-4-6-11-17)19-14-13-16-9-7-8-12-18(16)15-19/h4-15,20H,1-3H3/t20-/m0/s1. The van der Waals surface area contributed by atoms with Crippen LogP contribution in [0.2, 0.25) is 0 Å². The molecule has 0 aliphatic rings. The van der Waals surface area contributed by atoms with Crippen LogP contribution in [0.25, 0.3) is 10.8 Å². The topological polar surface area (TPSA) is 26.3 Å². The predicted octanol–water partition coefficient (Wildman–Crippen LogP) is 5.52. The van der Waals surface area contributed by atoms with E-state index in [4.69, 9.17) is 4.74 Å². The molecule has 0 aliphatic heterocycles. The molecule has 2 heteroatoms. The molecule has 3 aromatic rings. The summed E-state index contributed by atoms with van der Waals surface area (Å²) in [6.07, 6.45) is -0.400. The first kappa shape index (κ1) is 16.3. The summed E-state index contributed by atoms with van der Waals surface area (Å²) in [5, 5.41) is 2.32. The van der Waals surface area contributed by atoms with E-state index >= 15 is 0 Å². The van der Waals surface area contributed by atoms with E-state index in [0.717, 1.165) is 16.5 Å². The molecule has 0 aliphatic carbocycles. The lowest BCUT2D eigenvalue weighted by Gasteiger charge is -2.24. The van der Waals surface area contributed by atoms with Crippen LogP contribution in [0.1, 0.15) is 38.0 Å². The molecule has 0 spiro atoms. The monoisotopic (exact) mass is 318 g/mol. The van der Waals surface area contributed by atoms with Crippen LogP contribution in [0.5, 0.6) is 0 Å². The van der Waals surface area contributed by atoms with Crippen LogP contribution in [-0.4, -0.2) is 5.97 Å². The summed E-state index contributed by atoms with van der Waals surface area (Å²) in [6, 6.07) is 24.3. The molecule has 0 N–H and O–H groups in total. The van der Waals surface area contributed by atoms with E-state index in [2.05, 4.69) is 24.3 Å². The fourth-order valence-corrected chi connectivity index (χ4v) is 2.61. The SMILES string of the molecule is CC(C)(C)C(=O)O[C@@H](c1ccccc1)c1ccc2ccccc2c1. The van der Waals surface area contributed by atoms with Crippen LogP contribution in [0, 0.1) is 5.41 Å². The summed E-state index contributed by atoms with van der Waals surface area (Å²) in [4.78, 5) is 12.5. The van der Waals surface area contributed by atoms with Crippen molar-refractivity contribution in [3.05, 3.63) is 83.9 Å². The van der Waals surface area contributed by atoms with Gasteiger partial charge in [-0.25, -0.2) is 0 Å². The van der Waals surface area contributed by atoms with E-state index in [-0.39, 0.29) is 5.97 Å². The van der Waals surface area contributed by atoms with Crippen LogP contribution in [0.4, 0.5) is 0 Å². The Morgan fingerprint density at radius 1 is 0.792 bits per heavy atom.